The average molecular weight is 539 g/mol. The molecule has 0 unspecified atom stereocenters. The van der Waals surface area contributed by atoms with Crippen LogP contribution in [0.3, 0.4) is 0 Å². The number of ether oxygens (including phenoxy) is 3. The largest absolute Gasteiger partial charge is 0.460 e. The Hall–Kier alpha value is -2.51. The van der Waals surface area contributed by atoms with E-state index in [2.05, 4.69) is 47.0 Å². The van der Waals surface area contributed by atoms with Gasteiger partial charge >= 0.3 is 5.97 Å². The number of carbonyl (C=O) groups is 1. The SMILES string of the molecule is C=CCC[C@@H](OC(C)=O)[C@H](OCc1ccccc1)[C@@H](OCc1ccccc1)[C@@H](C=C)O[Si](C)(C)C(C)(C)C. The molecule has 2 aromatic carbocycles. The molecule has 0 aliphatic carbocycles. The van der Waals surface area contributed by atoms with E-state index in [-0.39, 0.29) is 11.0 Å². The highest BCUT2D eigenvalue weighted by Crippen LogP contribution is 2.38. The first-order valence-electron chi connectivity index (χ1n) is 13.4. The van der Waals surface area contributed by atoms with Gasteiger partial charge in [-0.3, -0.25) is 4.79 Å². The minimum absolute atomic E-state index is 0.0171. The number of rotatable bonds is 16. The Balaban J connectivity index is 2.51. The van der Waals surface area contributed by atoms with Crippen LogP contribution in [0.25, 0.3) is 0 Å². The summed E-state index contributed by atoms with van der Waals surface area (Å²) < 4.78 is 25.9. The van der Waals surface area contributed by atoms with Crippen LogP contribution in [0.15, 0.2) is 86.0 Å². The van der Waals surface area contributed by atoms with Gasteiger partial charge in [0.15, 0.2) is 8.32 Å². The summed E-state index contributed by atoms with van der Waals surface area (Å²) in [7, 11) is -2.22. The highest BCUT2D eigenvalue weighted by atomic mass is 28.4. The lowest BCUT2D eigenvalue weighted by atomic mass is 9.98. The van der Waals surface area contributed by atoms with Gasteiger partial charge in [-0.2, -0.15) is 0 Å². The number of allylic oxidation sites excluding steroid dienone is 1. The molecule has 0 aliphatic heterocycles. The normalized spacial score (nSPS) is 15.2. The molecule has 2 aromatic rings. The van der Waals surface area contributed by atoms with Gasteiger partial charge in [0.25, 0.3) is 0 Å². The quantitative estimate of drug-likeness (QED) is 0.125. The Morgan fingerprint density at radius 1 is 0.895 bits per heavy atom. The van der Waals surface area contributed by atoms with Crippen LogP contribution in [0.4, 0.5) is 0 Å². The molecular formula is C32H46O5Si. The zero-order valence-electron chi connectivity index (χ0n) is 24.0. The number of hydrogen-bond donors (Lipinski definition) is 0. The third kappa shape index (κ3) is 9.99. The maximum absolute atomic E-state index is 12.2. The summed E-state index contributed by atoms with van der Waals surface area (Å²) >= 11 is 0. The van der Waals surface area contributed by atoms with E-state index >= 15 is 0 Å². The van der Waals surface area contributed by atoms with Gasteiger partial charge in [-0.05, 0) is 42.1 Å². The monoisotopic (exact) mass is 538 g/mol. The predicted octanol–water partition coefficient (Wildman–Crippen LogP) is 7.63. The molecular weight excluding hydrogens is 492 g/mol. The van der Waals surface area contributed by atoms with Gasteiger partial charge in [-0.25, -0.2) is 0 Å². The van der Waals surface area contributed by atoms with Crippen molar-refractivity contribution in [2.45, 2.75) is 96.3 Å². The standard InChI is InChI=1S/C32H46O5Si/c1-9-11-22-29(36-25(3)33)31(35-24-27-20-16-13-17-21-27)30(34-23-26-18-14-12-15-19-26)28(10-2)37-38(7,8)32(4,5)6/h9-10,12-21,28-31H,1-2,11,22-24H2,3-8H3/t28-,29-,30+,31+/m1/s1. The van der Waals surface area contributed by atoms with Crippen LogP contribution in [0.2, 0.25) is 18.1 Å². The lowest BCUT2D eigenvalue weighted by molar-refractivity contribution is -0.180. The van der Waals surface area contributed by atoms with E-state index in [1.54, 1.807) is 6.08 Å². The van der Waals surface area contributed by atoms with E-state index < -0.39 is 32.7 Å². The van der Waals surface area contributed by atoms with Crippen LogP contribution < -0.4 is 0 Å². The van der Waals surface area contributed by atoms with Gasteiger partial charge in [0.05, 0.1) is 19.3 Å². The molecule has 5 nitrogen and oxygen atoms in total. The summed E-state index contributed by atoms with van der Waals surface area (Å²) in [6, 6.07) is 19.9. The third-order valence-electron chi connectivity index (χ3n) is 7.03. The second-order valence-electron chi connectivity index (χ2n) is 11.1. The molecule has 208 valence electrons. The third-order valence-corrected chi connectivity index (χ3v) is 11.5. The molecule has 0 fully saturated rings. The summed E-state index contributed by atoms with van der Waals surface area (Å²) in [6.07, 6.45) is 2.64. The van der Waals surface area contributed by atoms with Crippen LogP contribution >= 0.6 is 0 Å². The lowest BCUT2D eigenvalue weighted by Crippen LogP contribution is -2.53. The number of hydrogen-bond acceptors (Lipinski definition) is 5. The van der Waals surface area contributed by atoms with Gasteiger partial charge in [0.1, 0.15) is 18.3 Å². The fourth-order valence-corrected chi connectivity index (χ4v) is 5.14. The van der Waals surface area contributed by atoms with Crippen LogP contribution in [0, 0.1) is 0 Å². The van der Waals surface area contributed by atoms with Crippen molar-refractivity contribution >= 4 is 14.3 Å². The minimum atomic E-state index is -2.22. The zero-order valence-corrected chi connectivity index (χ0v) is 25.0. The molecule has 0 heterocycles. The lowest BCUT2D eigenvalue weighted by Gasteiger charge is -2.43. The Kier molecular flexibility index (Phi) is 12.7. The second-order valence-corrected chi connectivity index (χ2v) is 15.9. The smallest absolute Gasteiger partial charge is 0.302 e. The van der Waals surface area contributed by atoms with E-state index in [0.717, 1.165) is 11.1 Å². The summed E-state index contributed by atoms with van der Waals surface area (Å²) in [5.41, 5.74) is 2.05. The zero-order chi connectivity index (χ0) is 28.2. The molecule has 0 saturated heterocycles. The molecule has 0 amide bonds. The molecule has 2 rings (SSSR count). The first-order valence-corrected chi connectivity index (χ1v) is 16.3. The second kappa shape index (κ2) is 15.2. The van der Waals surface area contributed by atoms with Crippen molar-refractivity contribution in [2.75, 3.05) is 0 Å². The van der Waals surface area contributed by atoms with E-state index in [0.29, 0.717) is 26.1 Å². The summed E-state index contributed by atoms with van der Waals surface area (Å²) in [4.78, 5) is 12.2. The molecule has 0 saturated carbocycles. The topological polar surface area (TPSA) is 54.0 Å². The van der Waals surface area contributed by atoms with Crippen molar-refractivity contribution in [1.29, 1.82) is 0 Å². The van der Waals surface area contributed by atoms with Crippen molar-refractivity contribution in [3.8, 4) is 0 Å². The highest BCUT2D eigenvalue weighted by molar-refractivity contribution is 6.74. The maximum Gasteiger partial charge on any atom is 0.302 e. The van der Waals surface area contributed by atoms with Crippen LogP contribution in [0.1, 0.15) is 51.7 Å². The van der Waals surface area contributed by atoms with E-state index in [4.69, 9.17) is 18.6 Å². The number of carbonyl (C=O) groups excluding carboxylic acids is 1. The highest BCUT2D eigenvalue weighted by Gasteiger charge is 2.44. The predicted molar refractivity (Wildman–Crippen MR) is 157 cm³/mol. The first kappa shape index (κ1) is 31.7. The van der Waals surface area contributed by atoms with Crippen LogP contribution in [0.5, 0.6) is 0 Å². The Labute approximate surface area is 231 Å². The number of benzene rings is 2. The Morgan fingerprint density at radius 3 is 1.82 bits per heavy atom. The van der Waals surface area contributed by atoms with Gasteiger partial charge in [0.2, 0.25) is 0 Å². The van der Waals surface area contributed by atoms with Crippen molar-refractivity contribution in [1.82, 2.24) is 0 Å². The number of esters is 1. The van der Waals surface area contributed by atoms with Crippen LogP contribution in [-0.2, 0) is 36.6 Å². The molecule has 0 bridgehead atoms. The van der Waals surface area contributed by atoms with Gasteiger partial charge in [-0.15, -0.1) is 13.2 Å². The molecule has 0 radical (unpaired) electrons. The molecule has 0 aliphatic rings. The van der Waals surface area contributed by atoms with Gasteiger partial charge in [-0.1, -0.05) is 93.6 Å². The molecule has 6 heteroatoms. The summed E-state index contributed by atoms with van der Waals surface area (Å²) in [5, 5.41) is -0.0171. The van der Waals surface area contributed by atoms with Crippen molar-refractivity contribution in [2.24, 2.45) is 0 Å². The average Bonchev–Trinajstić information content (AvgIpc) is 2.87. The van der Waals surface area contributed by atoms with Crippen molar-refractivity contribution < 1.29 is 23.4 Å². The molecule has 0 aromatic heterocycles. The van der Waals surface area contributed by atoms with E-state index in [1.165, 1.54) is 6.92 Å². The van der Waals surface area contributed by atoms with Gasteiger partial charge in [0, 0.05) is 6.92 Å². The minimum Gasteiger partial charge on any atom is -0.460 e. The van der Waals surface area contributed by atoms with Crippen LogP contribution in [-0.4, -0.2) is 38.7 Å². The summed E-state index contributed by atoms with van der Waals surface area (Å²) in [5.74, 6) is -0.366. The fraction of sp³-hybridized carbons (Fsp3) is 0.469. The summed E-state index contributed by atoms with van der Waals surface area (Å²) in [6.45, 7) is 21.1. The molecule has 38 heavy (non-hydrogen) atoms. The Morgan fingerprint density at radius 2 is 1.39 bits per heavy atom. The molecule has 4 atom stereocenters. The van der Waals surface area contributed by atoms with Crippen molar-refractivity contribution in [3.63, 3.8) is 0 Å². The molecule has 0 N–H and O–H groups in total. The van der Waals surface area contributed by atoms with E-state index in [1.807, 2.05) is 66.7 Å². The first-order chi connectivity index (χ1) is 18.0. The fourth-order valence-electron chi connectivity index (χ4n) is 3.88. The van der Waals surface area contributed by atoms with Crippen molar-refractivity contribution in [3.05, 3.63) is 97.1 Å². The van der Waals surface area contributed by atoms with E-state index in [9.17, 15) is 4.79 Å². The Bertz CT molecular complexity index is 984. The molecule has 0 spiro atoms. The van der Waals surface area contributed by atoms with Gasteiger partial charge < -0.3 is 18.6 Å². The maximum atomic E-state index is 12.2.